The van der Waals surface area contributed by atoms with E-state index >= 15 is 0 Å². The van der Waals surface area contributed by atoms with E-state index in [-0.39, 0.29) is 11.5 Å². The Kier molecular flexibility index (Phi) is 3.20. The number of fused-ring (bicyclic) bond motifs is 2. The van der Waals surface area contributed by atoms with E-state index in [9.17, 15) is 9.59 Å². The number of nitrogens with one attached hydrogen (secondary N) is 2. The van der Waals surface area contributed by atoms with Gasteiger partial charge in [-0.15, -0.1) is 0 Å². The van der Waals surface area contributed by atoms with Crippen LogP contribution in [0.25, 0.3) is 0 Å². The molecule has 2 aliphatic carbocycles. The topological polar surface area (TPSA) is 115 Å². The van der Waals surface area contributed by atoms with Gasteiger partial charge in [0.25, 0.3) is 11.5 Å². The van der Waals surface area contributed by atoms with Gasteiger partial charge in [0.05, 0.1) is 0 Å². The van der Waals surface area contributed by atoms with Crippen molar-refractivity contribution in [3.63, 3.8) is 0 Å². The van der Waals surface area contributed by atoms with E-state index in [1.165, 1.54) is 25.6 Å². The Morgan fingerprint density at radius 3 is 2.74 bits per heavy atom. The van der Waals surface area contributed by atoms with Crippen molar-refractivity contribution in [1.29, 1.82) is 0 Å². The summed E-state index contributed by atoms with van der Waals surface area (Å²) in [5.41, 5.74) is 6.83. The van der Waals surface area contributed by atoms with Crippen molar-refractivity contribution in [3.05, 3.63) is 40.1 Å². The predicted octanol–water partition coefficient (Wildman–Crippen LogP) is 2.02. The Morgan fingerprint density at radius 1 is 1.19 bits per heavy atom. The van der Waals surface area contributed by atoms with Crippen LogP contribution in [0.15, 0.2) is 23.3 Å². The van der Waals surface area contributed by atoms with Gasteiger partial charge in [0, 0.05) is 6.07 Å². The Hall–Kier alpha value is -2.90. The van der Waals surface area contributed by atoms with E-state index < -0.39 is 5.66 Å². The number of nitrogens with two attached hydrogens (primary N) is 1. The third-order valence-corrected chi connectivity index (χ3v) is 6.25. The van der Waals surface area contributed by atoms with Crippen LogP contribution in [-0.4, -0.2) is 20.4 Å². The lowest BCUT2D eigenvalue weighted by Crippen LogP contribution is -2.51. The van der Waals surface area contributed by atoms with Gasteiger partial charge in [-0.05, 0) is 62.5 Å². The number of nitrogens with zero attached hydrogens (tertiary/aromatic N) is 3. The van der Waals surface area contributed by atoms with Gasteiger partial charge in [0.1, 0.15) is 35.0 Å². The van der Waals surface area contributed by atoms with Crippen molar-refractivity contribution in [2.45, 2.75) is 51.1 Å². The normalized spacial score (nSPS) is 24.7. The highest BCUT2D eigenvalue weighted by Gasteiger charge is 2.56. The van der Waals surface area contributed by atoms with Gasteiger partial charge in [0.2, 0.25) is 0 Å². The molecular formula is C19H22N6O2. The summed E-state index contributed by atoms with van der Waals surface area (Å²) < 4.78 is 1.71. The second-order valence-electron chi connectivity index (χ2n) is 8.20. The minimum absolute atomic E-state index is 0.153. The standard InChI is InChI=1S/C19H22N6O2/c1-11-7-12(23-14-8-13(20)21-10-22-14)17(27)25-15(11)16(26)24-19(25)4-2-3-18(9-19)5-6-18/h7-8,10H,2-6,9H2,1H3,(H,24,26)(H3,20,21,22,23)/t19-/m1/s1. The Morgan fingerprint density at radius 2 is 2.00 bits per heavy atom. The van der Waals surface area contributed by atoms with Gasteiger partial charge in [0.15, 0.2) is 0 Å². The van der Waals surface area contributed by atoms with Crippen LogP contribution in [0, 0.1) is 12.3 Å². The predicted molar refractivity (Wildman–Crippen MR) is 101 cm³/mol. The van der Waals surface area contributed by atoms with E-state index in [4.69, 9.17) is 5.73 Å². The van der Waals surface area contributed by atoms with Gasteiger partial charge in [-0.25, -0.2) is 9.97 Å². The fourth-order valence-electron chi connectivity index (χ4n) is 4.88. The van der Waals surface area contributed by atoms with Crippen LogP contribution < -0.4 is 21.9 Å². The first-order valence-electron chi connectivity index (χ1n) is 9.36. The summed E-state index contributed by atoms with van der Waals surface area (Å²) in [6, 6.07) is 3.28. The summed E-state index contributed by atoms with van der Waals surface area (Å²) in [6.07, 6.45) is 7.55. The van der Waals surface area contributed by atoms with Gasteiger partial charge in [-0.1, -0.05) is 0 Å². The highest BCUT2D eigenvalue weighted by molar-refractivity contribution is 5.97. The fraction of sp³-hybridized carbons (Fsp3) is 0.474. The van der Waals surface area contributed by atoms with Crippen molar-refractivity contribution in [2.75, 3.05) is 11.1 Å². The number of nitrogen functional groups attached to an aromatic ring is 1. The quantitative estimate of drug-likeness (QED) is 0.749. The van der Waals surface area contributed by atoms with Gasteiger partial charge < -0.3 is 16.4 Å². The molecule has 0 bridgehead atoms. The molecule has 5 rings (SSSR count). The molecule has 2 fully saturated rings. The smallest absolute Gasteiger partial charge is 0.276 e. The van der Waals surface area contributed by atoms with Crippen LogP contribution in [0.3, 0.4) is 0 Å². The summed E-state index contributed by atoms with van der Waals surface area (Å²) in [5.74, 6) is 0.620. The summed E-state index contributed by atoms with van der Waals surface area (Å²) in [4.78, 5) is 34.1. The molecule has 1 atom stereocenters. The number of amides is 1. The largest absolute Gasteiger partial charge is 0.384 e. The van der Waals surface area contributed by atoms with E-state index in [1.807, 2.05) is 6.92 Å². The lowest BCUT2D eigenvalue weighted by Gasteiger charge is -2.39. The third-order valence-electron chi connectivity index (χ3n) is 6.25. The second kappa shape index (κ2) is 5.31. The summed E-state index contributed by atoms with van der Waals surface area (Å²) >= 11 is 0. The molecule has 2 aromatic heterocycles. The molecule has 0 aromatic carbocycles. The van der Waals surface area contributed by atoms with Gasteiger partial charge in [-0.3, -0.25) is 14.2 Å². The molecule has 3 aliphatic rings. The van der Waals surface area contributed by atoms with Crippen molar-refractivity contribution in [2.24, 2.45) is 5.41 Å². The van der Waals surface area contributed by atoms with Gasteiger partial charge >= 0.3 is 0 Å². The molecule has 0 saturated heterocycles. The Bertz CT molecular complexity index is 1030. The number of carbonyl (C=O) groups excluding carboxylic acids is 1. The maximum absolute atomic E-state index is 13.4. The maximum atomic E-state index is 13.4. The van der Waals surface area contributed by atoms with Crippen molar-refractivity contribution < 1.29 is 4.79 Å². The average molecular weight is 366 g/mol. The molecule has 1 aliphatic heterocycles. The summed E-state index contributed by atoms with van der Waals surface area (Å²) in [7, 11) is 0. The lowest BCUT2D eigenvalue weighted by molar-refractivity contribution is 0.0790. The lowest BCUT2D eigenvalue weighted by atomic mass is 9.78. The number of rotatable bonds is 2. The Balaban J connectivity index is 1.63. The zero-order valence-electron chi connectivity index (χ0n) is 15.2. The van der Waals surface area contributed by atoms with Crippen LogP contribution in [0.4, 0.5) is 17.3 Å². The minimum Gasteiger partial charge on any atom is -0.384 e. The average Bonchev–Trinajstić information content (AvgIpc) is 3.28. The SMILES string of the molecule is Cc1cc(Nc2cc(N)ncn2)c(=O)n2c1C(=O)N[C@]21CCCC2(CC2)C1. The number of carbonyl (C=O) groups is 1. The van der Waals surface area contributed by atoms with Crippen molar-refractivity contribution in [3.8, 4) is 0 Å². The molecular weight excluding hydrogens is 344 g/mol. The number of aryl methyl sites for hydroxylation is 1. The summed E-state index contributed by atoms with van der Waals surface area (Å²) in [5, 5.41) is 6.22. The zero-order chi connectivity index (χ0) is 18.8. The highest BCUT2D eigenvalue weighted by Crippen LogP contribution is 2.60. The number of anilines is 3. The van der Waals surface area contributed by atoms with Crippen LogP contribution in [0.1, 0.15) is 54.6 Å². The number of pyridine rings is 1. The van der Waals surface area contributed by atoms with Crippen LogP contribution in [0.2, 0.25) is 0 Å². The molecule has 0 radical (unpaired) electrons. The molecule has 2 saturated carbocycles. The molecule has 2 aromatic rings. The van der Waals surface area contributed by atoms with Crippen LogP contribution in [-0.2, 0) is 5.66 Å². The summed E-state index contributed by atoms with van der Waals surface area (Å²) in [6.45, 7) is 1.86. The minimum atomic E-state index is -0.606. The van der Waals surface area contributed by atoms with E-state index in [2.05, 4.69) is 20.6 Å². The third kappa shape index (κ3) is 2.43. The van der Waals surface area contributed by atoms with E-state index in [0.717, 1.165) is 24.8 Å². The molecule has 1 amide bonds. The van der Waals surface area contributed by atoms with Crippen molar-refractivity contribution >= 4 is 23.2 Å². The van der Waals surface area contributed by atoms with Gasteiger partial charge in [-0.2, -0.15) is 0 Å². The zero-order valence-corrected chi connectivity index (χ0v) is 15.2. The van der Waals surface area contributed by atoms with E-state index in [1.54, 1.807) is 16.7 Å². The highest BCUT2D eigenvalue weighted by atomic mass is 16.2. The number of aromatic nitrogens is 3. The first-order valence-corrected chi connectivity index (χ1v) is 9.36. The molecule has 27 heavy (non-hydrogen) atoms. The molecule has 8 nitrogen and oxygen atoms in total. The number of hydrogen-bond donors (Lipinski definition) is 3. The van der Waals surface area contributed by atoms with Crippen molar-refractivity contribution in [1.82, 2.24) is 19.9 Å². The molecule has 0 unspecified atom stereocenters. The maximum Gasteiger partial charge on any atom is 0.276 e. The Labute approximate surface area is 156 Å². The molecule has 2 spiro atoms. The molecule has 8 heteroatoms. The monoisotopic (exact) mass is 366 g/mol. The first kappa shape index (κ1) is 16.3. The fourth-order valence-corrected chi connectivity index (χ4v) is 4.88. The molecule has 3 heterocycles. The first-order chi connectivity index (χ1) is 12.9. The van der Waals surface area contributed by atoms with Crippen LogP contribution >= 0.6 is 0 Å². The van der Waals surface area contributed by atoms with Crippen LogP contribution in [0.5, 0.6) is 0 Å². The molecule has 140 valence electrons. The molecule has 4 N–H and O–H groups in total. The number of hydrogen-bond acceptors (Lipinski definition) is 6. The van der Waals surface area contributed by atoms with E-state index in [0.29, 0.717) is 28.4 Å². The second-order valence-corrected chi connectivity index (χ2v) is 8.20.